The fourth-order valence-corrected chi connectivity index (χ4v) is 2.42. The van der Waals surface area contributed by atoms with Crippen LogP contribution >= 0.6 is 22.9 Å². The molecule has 0 saturated heterocycles. The fourth-order valence-electron chi connectivity index (χ4n) is 1.41. The van der Waals surface area contributed by atoms with Crippen molar-refractivity contribution in [3.05, 3.63) is 50.7 Å². The Kier molecular flexibility index (Phi) is 3.64. The third kappa shape index (κ3) is 2.96. The summed E-state index contributed by atoms with van der Waals surface area (Å²) < 4.78 is 26.8. The van der Waals surface area contributed by atoms with Crippen LogP contribution in [0, 0.1) is 18.6 Å². The molecule has 1 aromatic carbocycles. The number of halogens is 3. The van der Waals surface area contributed by atoms with Crippen molar-refractivity contribution in [3.63, 3.8) is 0 Å². The van der Waals surface area contributed by atoms with Gasteiger partial charge in [-0.15, -0.1) is 11.3 Å². The van der Waals surface area contributed by atoms with Crippen LogP contribution in [-0.2, 0) is 6.54 Å². The van der Waals surface area contributed by atoms with E-state index in [9.17, 15) is 8.78 Å². The molecule has 17 heavy (non-hydrogen) atoms. The molecule has 1 nitrogen and oxygen atoms in total. The molecule has 5 heteroatoms. The van der Waals surface area contributed by atoms with Gasteiger partial charge in [0.15, 0.2) is 0 Å². The second-order valence-electron chi connectivity index (χ2n) is 3.67. The molecule has 0 spiro atoms. The standard InChI is InChI=1S/C12H10ClF2NS/c1-7-2-11(15)12(4-10(7)14)16-5-9-3-8(13)6-17-9/h2-4,6,16H,5H2,1H3. The smallest absolute Gasteiger partial charge is 0.146 e. The van der Waals surface area contributed by atoms with Crippen LogP contribution in [0.15, 0.2) is 23.6 Å². The molecule has 0 bridgehead atoms. The van der Waals surface area contributed by atoms with E-state index >= 15 is 0 Å². The van der Waals surface area contributed by atoms with Gasteiger partial charge in [-0.05, 0) is 24.6 Å². The van der Waals surface area contributed by atoms with E-state index in [2.05, 4.69) is 5.32 Å². The number of hydrogen-bond acceptors (Lipinski definition) is 2. The zero-order valence-electron chi connectivity index (χ0n) is 9.06. The fraction of sp³-hybridized carbons (Fsp3) is 0.167. The van der Waals surface area contributed by atoms with Gasteiger partial charge in [0.1, 0.15) is 11.6 Å². The first-order valence-electron chi connectivity index (χ1n) is 4.98. The number of anilines is 1. The highest BCUT2D eigenvalue weighted by atomic mass is 35.5. The number of thiophene rings is 1. The lowest BCUT2D eigenvalue weighted by Crippen LogP contribution is -2.01. The summed E-state index contributed by atoms with van der Waals surface area (Å²) in [5, 5.41) is 5.30. The molecule has 1 aromatic heterocycles. The van der Waals surface area contributed by atoms with Crippen molar-refractivity contribution >= 4 is 28.6 Å². The van der Waals surface area contributed by atoms with Gasteiger partial charge in [0.25, 0.3) is 0 Å². The molecule has 0 saturated carbocycles. The molecule has 0 fully saturated rings. The monoisotopic (exact) mass is 273 g/mol. The van der Waals surface area contributed by atoms with E-state index in [-0.39, 0.29) is 5.69 Å². The molecular weight excluding hydrogens is 264 g/mol. The molecule has 0 atom stereocenters. The largest absolute Gasteiger partial charge is 0.378 e. The zero-order valence-corrected chi connectivity index (χ0v) is 10.6. The minimum absolute atomic E-state index is 0.164. The van der Waals surface area contributed by atoms with Crippen LogP contribution in [0.25, 0.3) is 0 Å². The van der Waals surface area contributed by atoms with E-state index in [0.29, 0.717) is 17.1 Å². The maximum atomic E-state index is 13.5. The number of aryl methyl sites for hydroxylation is 1. The summed E-state index contributed by atoms with van der Waals surface area (Å²) >= 11 is 7.24. The van der Waals surface area contributed by atoms with Crippen molar-refractivity contribution in [1.82, 2.24) is 0 Å². The summed E-state index contributed by atoms with van der Waals surface area (Å²) in [6, 6.07) is 4.14. The van der Waals surface area contributed by atoms with Gasteiger partial charge in [0, 0.05) is 22.9 Å². The summed E-state index contributed by atoms with van der Waals surface area (Å²) in [7, 11) is 0. The Hall–Kier alpha value is -1.13. The van der Waals surface area contributed by atoms with Gasteiger partial charge in [0.2, 0.25) is 0 Å². The molecule has 2 aromatic rings. The van der Waals surface area contributed by atoms with Crippen LogP contribution in [0.4, 0.5) is 14.5 Å². The van der Waals surface area contributed by atoms with Crippen LogP contribution in [0.2, 0.25) is 5.02 Å². The second-order valence-corrected chi connectivity index (χ2v) is 5.10. The van der Waals surface area contributed by atoms with Crippen molar-refractivity contribution in [2.24, 2.45) is 0 Å². The Balaban J connectivity index is 2.11. The maximum absolute atomic E-state index is 13.5. The first kappa shape index (κ1) is 12.3. The Labute approximate surface area is 107 Å². The van der Waals surface area contributed by atoms with Gasteiger partial charge >= 0.3 is 0 Å². The number of benzene rings is 1. The average molecular weight is 274 g/mol. The van der Waals surface area contributed by atoms with Gasteiger partial charge in [-0.2, -0.15) is 0 Å². The Morgan fingerprint density at radius 2 is 2.00 bits per heavy atom. The Morgan fingerprint density at radius 1 is 1.24 bits per heavy atom. The third-order valence-corrected chi connectivity index (χ3v) is 3.61. The van der Waals surface area contributed by atoms with Crippen LogP contribution in [-0.4, -0.2) is 0 Å². The van der Waals surface area contributed by atoms with Crippen molar-refractivity contribution in [1.29, 1.82) is 0 Å². The first-order valence-corrected chi connectivity index (χ1v) is 6.24. The molecule has 0 aliphatic heterocycles. The minimum atomic E-state index is -0.452. The summed E-state index contributed by atoms with van der Waals surface area (Å²) in [6.45, 7) is 1.96. The van der Waals surface area contributed by atoms with E-state index in [1.165, 1.54) is 30.4 Å². The van der Waals surface area contributed by atoms with E-state index in [1.54, 1.807) is 11.4 Å². The molecule has 90 valence electrons. The molecule has 0 radical (unpaired) electrons. The van der Waals surface area contributed by atoms with Gasteiger partial charge < -0.3 is 5.32 Å². The van der Waals surface area contributed by atoms with E-state index in [4.69, 9.17) is 11.6 Å². The summed E-state index contributed by atoms with van der Waals surface area (Å²) in [5.41, 5.74) is 0.463. The topological polar surface area (TPSA) is 12.0 Å². The number of hydrogen-bond donors (Lipinski definition) is 1. The van der Waals surface area contributed by atoms with Crippen molar-refractivity contribution in [2.45, 2.75) is 13.5 Å². The normalized spacial score (nSPS) is 10.6. The summed E-state index contributed by atoms with van der Waals surface area (Å²) in [5.74, 6) is -0.871. The average Bonchev–Trinajstić information content (AvgIpc) is 2.68. The molecule has 0 aliphatic rings. The number of rotatable bonds is 3. The Bertz CT molecular complexity index is 539. The SMILES string of the molecule is Cc1cc(F)c(NCc2cc(Cl)cs2)cc1F. The molecule has 0 amide bonds. The molecule has 1 heterocycles. The van der Waals surface area contributed by atoms with Gasteiger partial charge in [-0.25, -0.2) is 8.78 Å². The minimum Gasteiger partial charge on any atom is -0.378 e. The van der Waals surface area contributed by atoms with Crippen molar-refractivity contribution in [3.8, 4) is 0 Å². The van der Waals surface area contributed by atoms with E-state index in [0.717, 1.165) is 4.88 Å². The van der Waals surface area contributed by atoms with Crippen LogP contribution in [0.1, 0.15) is 10.4 Å². The lowest BCUT2D eigenvalue weighted by Gasteiger charge is -2.07. The zero-order chi connectivity index (χ0) is 12.4. The van der Waals surface area contributed by atoms with Crippen molar-refractivity contribution < 1.29 is 8.78 Å². The van der Waals surface area contributed by atoms with Gasteiger partial charge in [-0.3, -0.25) is 0 Å². The van der Waals surface area contributed by atoms with Crippen LogP contribution < -0.4 is 5.32 Å². The summed E-state index contributed by atoms with van der Waals surface area (Å²) in [6.07, 6.45) is 0. The second kappa shape index (κ2) is 5.02. The highest BCUT2D eigenvalue weighted by molar-refractivity contribution is 7.10. The van der Waals surface area contributed by atoms with Crippen molar-refractivity contribution in [2.75, 3.05) is 5.32 Å². The maximum Gasteiger partial charge on any atom is 0.146 e. The lowest BCUT2D eigenvalue weighted by atomic mass is 10.2. The molecular formula is C12H10ClF2NS. The first-order chi connectivity index (χ1) is 8.06. The van der Waals surface area contributed by atoms with E-state index in [1.807, 2.05) is 0 Å². The highest BCUT2D eigenvalue weighted by Gasteiger charge is 2.07. The quantitative estimate of drug-likeness (QED) is 0.862. The third-order valence-electron chi connectivity index (χ3n) is 2.32. The van der Waals surface area contributed by atoms with E-state index < -0.39 is 11.6 Å². The molecule has 1 N–H and O–H groups in total. The number of nitrogens with one attached hydrogen (secondary N) is 1. The molecule has 2 rings (SSSR count). The van der Waals surface area contributed by atoms with Crippen LogP contribution in [0.3, 0.4) is 0 Å². The van der Waals surface area contributed by atoms with Crippen LogP contribution in [0.5, 0.6) is 0 Å². The Morgan fingerprint density at radius 3 is 2.65 bits per heavy atom. The predicted octanol–water partition coefficient (Wildman–Crippen LogP) is 4.60. The van der Waals surface area contributed by atoms with Gasteiger partial charge in [0.05, 0.1) is 10.7 Å². The lowest BCUT2D eigenvalue weighted by molar-refractivity contribution is 0.594. The van der Waals surface area contributed by atoms with Gasteiger partial charge in [-0.1, -0.05) is 11.6 Å². The molecule has 0 unspecified atom stereocenters. The summed E-state index contributed by atoms with van der Waals surface area (Å²) in [4.78, 5) is 0.968. The predicted molar refractivity (Wildman–Crippen MR) is 67.8 cm³/mol. The molecule has 0 aliphatic carbocycles. The highest BCUT2D eigenvalue weighted by Crippen LogP contribution is 2.22.